The van der Waals surface area contributed by atoms with Crippen molar-refractivity contribution < 1.29 is 14.6 Å². The minimum absolute atomic E-state index is 0.0449. The van der Waals surface area contributed by atoms with Crippen molar-refractivity contribution in [3.8, 4) is 23.3 Å². The van der Waals surface area contributed by atoms with Crippen molar-refractivity contribution in [1.29, 1.82) is 0 Å². The summed E-state index contributed by atoms with van der Waals surface area (Å²) in [6.07, 6.45) is 0.682. The van der Waals surface area contributed by atoms with Crippen LogP contribution >= 0.6 is 15.9 Å². The molecule has 1 aromatic carbocycles. The second-order valence-electron chi connectivity index (χ2n) is 2.67. The fourth-order valence-electron chi connectivity index (χ4n) is 1.08. The molecule has 0 radical (unpaired) electrons. The van der Waals surface area contributed by atoms with Crippen molar-refractivity contribution in [3.05, 3.63) is 23.3 Å². The van der Waals surface area contributed by atoms with Crippen LogP contribution in [0.15, 0.2) is 12.1 Å². The molecule has 0 aliphatic rings. The van der Waals surface area contributed by atoms with Crippen molar-refractivity contribution in [2.75, 3.05) is 12.4 Å². The molecule has 0 aromatic heterocycles. The summed E-state index contributed by atoms with van der Waals surface area (Å²) in [4.78, 5) is 10.6. The number of halogens is 1. The first-order valence-electron chi connectivity index (χ1n) is 4.14. The van der Waals surface area contributed by atoms with E-state index >= 15 is 0 Å². The van der Waals surface area contributed by atoms with Crippen LogP contribution in [0.5, 0.6) is 11.5 Å². The second-order valence-corrected chi connectivity index (χ2v) is 3.23. The zero-order chi connectivity index (χ0) is 11.3. The van der Waals surface area contributed by atoms with Crippen molar-refractivity contribution in [3.63, 3.8) is 0 Å². The third kappa shape index (κ3) is 2.74. The van der Waals surface area contributed by atoms with Crippen LogP contribution in [0.1, 0.15) is 15.9 Å². The van der Waals surface area contributed by atoms with Gasteiger partial charge in [0.25, 0.3) is 0 Å². The van der Waals surface area contributed by atoms with Crippen LogP contribution in [0.4, 0.5) is 0 Å². The molecular formula is C11H9BrO3. The van der Waals surface area contributed by atoms with Gasteiger partial charge in [0.2, 0.25) is 0 Å². The molecule has 15 heavy (non-hydrogen) atoms. The smallest absolute Gasteiger partial charge is 0.173 e. The summed E-state index contributed by atoms with van der Waals surface area (Å²) in [7, 11) is 1.42. The molecule has 1 rings (SSSR count). The zero-order valence-electron chi connectivity index (χ0n) is 8.08. The van der Waals surface area contributed by atoms with E-state index in [2.05, 4.69) is 27.8 Å². The Morgan fingerprint density at radius 1 is 1.60 bits per heavy atom. The van der Waals surface area contributed by atoms with Crippen molar-refractivity contribution >= 4 is 22.2 Å². The van der Waals surface area contributed by atoms with Gasteiger partial charge in [0.05, 0.1) is 18.0 Å². The minimum Gasteiger partial charge on any atom is -0.503 e. The molecule has 3 nitrogen and oxygen atoms in total. The maximum absolute atomic E-state index is 10.6. The van der Waals surface area contributed by atoms with Gasteiger partial charge in [-0.15, -0.1) is 0 Å². The molecule has 0 aliphatic heterocycles. The largest absolute Gasteiger partial charge is 0.503 e. The molecule has 0 unspecified atom stereocenters. The highest BCUT2D eigenvalue weighted by Gasteiger charge is 2.08. The number of alkyl halides is 1. The molecule has 0 heterocycles. The number of carbonyl (C=O) groups is 1. The van der Waals surface area contributed by atoms with E-state index in [-0.39, 0.29) is 11.5 Å². The topological polar surface area (TPSA) is 46.5 Å². The van der Waals surface area contributed by atoms with Gasteiger partial charge in [0, 0.05) is 5.56 Å². The Labute approximate surface area is 96.2 Å². The Balaban J connectivity index is 3.29. The van der Waals surface area contributed by atoms with Crippen molar-refractivity contribution in [2.45, 2.75) is 0 Å². The number of phenols is 1. The number of methoxy groups -OCH3 is 1. The Bertz CT molecular complexity index is 429. The fourth-order valence-corrected chi connectivity index (χ4v) is 1.22. The van der Waals surface area contributed by atoms with E-state index in [1.165, 1.54) is 19.2 Å². The van der Waals surface area contributed by atoms with Crippen LogP contribution in [-0.2, 0) is 0 Å². The van der Waals surface area contributed by atoms with Crippen LogP contribution in [0.25, 0.3) is 0 Å². The lowest BCUT2D eigenvalue weighted by Gasteiger charge is -2.05. The molecule has 0 aliphatic carbocycles. The van der Waals surface area contributed by atoms with Gasteiger partial charge in [-0.05, 0) is 12.1 Å². The average molecular weight is 269 g/mol. The fraction of sp³-hybridized carbons (Fsp3) is 0.182. The summed E-state index contributed by atoms with van der Waals surface area (Å²) in [5.41, 5.74) is 0.805. The van der Waals surface area contributed by atoms with Crippen molar-refractivity contribution in [1.82, 2.24) is 0 Å². The highest BCUT2D eigenvalue weighted by Crippen LogP contribution is 2.30. The van der Waals surface area contributed by atoms with E-state index < -0.39 is 0 Å². The molecule has 1 N–H and O–H groups in total. The van der Waals surface area contributed by atoms with Crippen molar-refractivity contribution in [2.24, 2.45) is 0 Å². The van der Waals surface area contributed by atoms with Crippen LogP contribution < -0.4 is 4.74 Å². The minimum atomic E-state index is -0.0449. The summed E-state index contributed by atoms with van der Waals surface area (Å²) in [5.74, 6) is 5.67. The first-order valence-corrected chi connectivity index (χ1v) is 5.26. The predicted molar refractivity (Wildman–Crippen MR) is 60.7 cm³/mol. The SMILES string of the molecule is COc1cc(C=O)cc(C#CCBr)c1O. The van der Waals surface area contributed by atoms with Gasteiger partial charge in [-0.2, -0.15) is 0 Å². The monoisotopic (exact) mass is 268 g/mol. The number of rotatable bonds is 2. The molecule has 4 heteroatoms. The summed E-state index contributed by atoms with van der Waals surface area (Å²) >= 11 is 3.15. The molecular weight excluding hydrogens is 260 g/mol. The number of aldehydes is 1. The second kappa shape index (κ2) is 5.42. The summed E-state index contributed by atoms with van der Waals surface area (Å²) < 4.78 is 4.92. The van der Waals surface area contributed by atoms with Gasteiger partial charge >= 0.3 is 0 Å². The van der Waals surface area contributed by atoms with Gasteiger partial charge in [0.1, 0.15) is 6.29 Å². The summed E-state index contributed by atoms with van der Waals surface area (Å²) in [6.45, 7) is 0. The maximum Gasteiger partial charge on any atom is 0.173 e. The van der Waals surface area contributed by atoms with E-state index in [0.29, 0.717) is 22.7 Å². The average Bonchev–Trinajstić information content (AvgIpc) is 2.27. The maximum atomic E-state index is 10.6. The number of hydrogen-bond acceptors (Lipinski definition) is 3. The lowest BCUT2D eigenvalue weighted by atomic mass is 10.1. The number of phenolic OH excluding ortho intramolecular Hbond substituents is 1. The van der Waals surface area contributed by atoms with Crippen LogP contribution in [0.3, 0.4) is 0 Å². The normalized spacial score (nSPS) is 8.93. The summed E-state index contributed by atoms with van der Waals surface area (Å²) in [5, 5.41) is 10.2. The Morgan fingerprint density at radius 2 is 2.33 bits per heavy atom. The third-order valence-electron chi connectivity index (χ3n) is 1.74. The number of carbonyl (C=O) groups excluding carboxylic acids is 1. The lowest BCUT2D eigenvalue weighted by molar-refractivity contribution is 0.112. The number of hydrogen-bond donors (Lipinski definition) is 1. The van der Waals surface area contributed by atoms with E-state index in [4.69, 9.17) is 4.74 Å². The number of benzene rings is 1. The molecule has 78 valence electrons. The highest BCUT2D eigenvalue weighted by atomic mass is 79.9. The first-order chi connectivity index (χ1) is 7.22. The highest BCUT2D eigenvalue weighted by molar-refractivity contribution is 9.09. The molecule has 1 aromatic rings. The molecule has 0 saturated carbocycles. The number of ether oxygens (including phenoxy) is 1. The van der Waals surface area contributed by atoms with Crippen LogP contribution in [-0.4, -0.2) is 23.8 Å². The number of aromatic hydroxyl groups is 1. The van der Waals surface area contributed by atoms with E-state index in [1.54, 1.807) is 0 Å². The van der Waals surface area contributed by atoms with E-state index in [0.717, 1.165) is 0 Å². The van der Waals surface area contributed by atoms with Gasteiger partial charge in [0.15, 0.2) is 11.5 Å². The molecule has 0 atom stereocenters. The quantitative estimate of drug-likeness (QED) is 0.507. The van der Waals surface area contributed by atoms with Gasteiger partial charge in [-0.1, -0.05) is 27.8 Å². The first kappa shape index (κ1) is 11.6. The Morgan fingerprint density at radius 3 is 2.87 bits per heavy atom. The molecule has 0 amide bonds. The van der Waals surface area contributed by atoms with E-state index in [9.17, 15) is 9.90 Å². The zero-order valence-corrected chi connectivity index (χ0v) is 9.67. The molecule has 0 bridgehead atoms. The predicted octanol–water partition coefficient (Wildman–Crippen LogP) is 1.96. The third-order valence-corrected chi connectivity index (χ3v) is 2.02. The van der Waals surface area contributed by atoms with Crippen LogP contribution in [0.2, 0.25) is 0 Å². The summed E-state index contributed by atoms with van der Waals surface area (Å²) in [6, 6.07) is 2.97. The standard InChI is InChI=1S/C11H9BrO3/c1-15-10-6-8(7-13)5-9(11(10)14)3-2-4-12/h5-7,14H,4H2,1H3. The van der Waals surface area contributed by atoms with E-state index in [1.807, 2.05) is 0 Å². The van der Waals surface area contributed by atoms with Gasteiger partial charge < -0.3 is 9.84 Å². The molecule has 0 spiro atoms. The Hall–Kier alpha value is -1.47. The molecule has 0 fully saturated rings. The van der Waals surface area contributed by atoms with Gasteiger partial charge in [-0.3, -0.25) is 4.79 Å². The lowest BCUT2D eigenvalue weighted by Crippen LogP contribution is -1.90. The molecule has 0 saturated heterocycles. The van der Waals surface area contributed by atoms with Gasteiger partial charge in [-0.25, -0.2) is 0 Å². The Kier molecular flexibility index (Phi) is 4.19. The van der Waals surface area contributed by atoms with Crippen LogP contribution in [0, 0.1) is 11.8 Å².